The molecule has 57 heavy (non-hydrogen) atoms. The lowest BCUT2D eigenvalue weighted by Gasteiger charge is -2.13. The van der Waals surface area contributed by atoms with Crippen LogP contribution in [0.1, 0.15) is 17.7 Å². The third kappa shape index (κ3) is 9.12. The van der Waals surface area contributed by atoms with E-state index < -0.39 is 0 Å². The average molecular weight is 762 g/mol. The summed E-state index contributed by atoms with van der Waals surface area (Å²) < 4.78 is 37.9. The van der Waals surface area contributed by atoms with Crippen molar-refractivity contribution in [3.63, 3.8) is 0 Å². The van der Waals surface area contributed by atoms with Gasteiger partial charge in [0.2, 0.25) is 11.2 Å². The van der Waals surface area contributed by atoms with Crippen molar-refractivity contribution in [2.75, 3.05) is 26.4 Å². The molecule has 5 aromatic carbocycles. The highest BCUT2D eigenvalue weighted by Crippen LogP contribution is 2.33. The molecule has 0 spiro atoms. The van der Waals surface area contributed by atoms with Gasteiger partial charge >= 0.3 is 0 Å². The van der Waals surface area contributed by atoms with E-state index in [-0.39, 0.29) is 23.2 Å². The number of aryl methyl sites for hydroxylation is 1. The highest BCUT2D eigenvalue weighted by molar-refractivity contribution is 5.82. The van der Waals surface area contributed by atoms with Crippen LogP contribution in [0, 0.1) is 0 Å². The number of aromatic nitrogens is 3. The van der Waals surface area contributed by atoms with Crippen molar-refractivity contribution in [1.82, 2.24) is 15.0 Å². The summed E-state index contributed by atoms with van der Waals surface area (Å²) in [5.41, 5.74) is 3.93. The van der Waals surface area contributed by atoms with Crippen LogP contribution in [0.5, 0.6) is 17.2 Å². The van der Waals surface area contributed by atoms with Gasteiger partial charge in [0, 0.05) is 29.5 Å². The molecule has 3 aromatic heterocycles. The fourth-order valence-electron chi connectivity index (χ4n) is 6.36. The number of nitrogens with zero attached hydrogens (tertiary/aromatic N) is 3. The number of rotatable bonds is 17. The summed E-state index contributed by atoms with van der Waals surface area (Å²) in [7, 11) is 0. The first-order valence-corrected chi connectivity index (χ1v) is 18.8. The first-order valence-electron chi connectivity index (χ1n) is 18.8. The minimum atomic E-state index is -0.232. The smallest absolute Gasteiger partial charge is 0.235 e. The van der Waals surface area contributed by atoms with Crippen LogP contribution in [0.25, 0.3) is 44.6 Å². The van der Waals surface area contributed by atoms with Crippen LogP contribution < -0.4 is 25.1 Å². The van der Waals surface area contributed by atoms with E-state index in [9.17, 15) is 9.59 Å². The number of ether oxygens (including phenoxy) is 4. The van der Waals surface area contributed by atoms with Crippen LogP contribution in [0.3, 0.4) is 0 Å². The molecule has 0 saturated heterocycles. The van der Waals surface area contributed by atoms with E-state index in [4.69, 9.17) is 27.8 Å². The van der Waals surface area contributed by atoms with Gasteiger partial charge in [0.05, 0.1) is 42.8 Å². The first kappa shape index (κ1) is 37.0. The summed E-state index contributed by atoms with van der Waals surface area (Å²) in [6, 6.07) is 40.5. The van der Waals surface area contributed by atoms with Crippen molar-refractivity contribution in [3.8, 4) is 39.9 Å². The van der Waals surface area contributed by atoms with Crippen LogP contribution in [0.4, 0.5) is 0 Å². The SMILES string of the molecule is O=c1cc(-c2ccccc2)oc2cc(OCCCc3cn(CCOCCOc4cccc(-c5oc6ccccc6c(=O)c5OCc5ccccc5)c4)nn3)ccc12. The van der Waals surface area contributed by atoms with Gasteiger partial charge in [-0.3, -0.25) is 9.59 Å². The summed E-state index contributed by atoms with van der Waals surface area (Å²) in [5, 5.41) is 9.47. The molecule has 11 heteroatoms. The molecule has 0 amide bonds. The Morgan fingerprint density at radius 3 is 2.26 bits per heavy atom. The molecule has 0 aliphatic rings. The van der Waals surface area contributed by atoms with E-state index in [1.54, 1.807) is 41.1 Å². The lowest BCUT2D eigenvalue weighted by Crippen LogP contribution is -2.12. The lowest BCUT2D eigenvalue weighted by molar-refractivity contribution is 0.0923. The average Bonchev–Trinajstić information content (AvgIpc) is 3.71. The van der Waals surface area contributed by atoms with Gasteiger partial charge in [0.25, 0.3) is 0 Å². The summed E-state index contributed by atoms with van der Waals surface area (Å²) in [6.45, 7) is 2.35. The van der Waals surface area contributed by atoms with E-state index in [2.05, 4.69) is 10.3 Å². The Morgan fingerprint density at radius 2 is 1.39 bits per heavy atom. The molecule has 3 heterocycles. The van der Waals surface area contributed by atoms with E-state index in [1.165, 1.54) is 6.07 Å². The van der Waals surface area contributed by atoms with Crippen LogP contribution in [0.15, 0.2) is 158 Å². The normalized spacial score (nSPS) is 11.2. The number of hydrogen-bond acceptors (Lipinski definition) is 10. The molecular weight excluding hydrogens is 723 g/mol. The molecular formula is C46H39N3O8. The fourth-order valence-corrected chi connectivity index (χ4v) is 6.36. The maximum Gasteiger partial charge on any atom is 0.235 e. The summed E-state index contributed by atoms with van der Waals surface area (Å²) >= 11 is 0. The number of para-hydroxylation sites is 1. The topological polar surface area (TPSA) is 128 Å². The summed E-state index contributed by atoms with van der Waals surface area (Å²) in [4.78, 5) is 26.2. The second kappa shape index (κ2) is 17.7. The van der Waals surface area contributed by atoms with Gasteiger partial charge in [-0.1, -0.05) is 90.1 Å². The van der Waals surface area contributed by atoms with Gasteiger partial charge in [-0.25, -0.2) is 4.68 Å². The predicted molar refractivity (Wildman–Crippen MR) is 217 cm³/mol. The lowest BCUT2D eigenvalue weighted by atomic mass is 10.1. The molecule has 0 radical (unpaired) electrons. The Morgan fingerprint density at radius 1 is 0.614 bits per heavy atom. The molecule has 0 saturated carbocycles. The van der Waals surface area contributed by atoms with E-state index in [0.717, 1.165) is 23.2 Å². The monoisotopic (exact) mass is 761 g/mol. The van der Waals surface area contributed by atoms with Crippen molar-refractivity contribution in [3.05, 3.63) is 171 Å². The quantitative estimate of drug-likeness (QED) is 0.0834. The van der Waals surface area contributed by atoms with Crippen LogP contribution >= 0.6 is 0 Å². The van der Waals surface area contributed by atoms with Gasteiger partial charge in [-0.15, -0.1) is 5.10 Å². The maximum absolute atomic E-state index is 13.5. The molecule has 286 valence electrons. The second-order valence-corrected chi connectivity index (χ2v) is 13.3. The van der Waals surface area contributed by atoms with Crippen LogP contribution in [0.2, 0.25) is 0 Å². The van der Waals surface area contributed by atoms with Gasteiger partial charge in [0.1, 0.15) is 41.6 Å². The first-order chi connectivity index (χ1) is 28.1. The Balaban J connectivity index is 0.788. The number of hydrogen-bond donors (Lipinski definition) is 0. The zero-order chi connectivity index (χ0) is 38.8. The molecule has 8 rings (SSSR count). The Labute approximate surface area is 327 Å². The van der Waals surface area contributed by atoms with Crippen molar-refractivity contribution in [1.29, 1.82) is 0 Å². The highest BCUT2D eigenvalue weighted by atomic mass is 16.5. The molecule has 0 aliphatic carbocycles. The van der Waals surface area contributed by atoms with Crippen LogP contribution in [-0.4, -0.2) is 41.4 Å². The van der Waals surface area contributed by atoms with Crippen molar-refractivity contribution < 1.29 is 27.8 Å². The van der Waals surface area contributed by atoms with Crippen molar-refractivity contribution in [2.24, 2.45) is 0 Å². The zero-order valence-corrected chi connectivity index (χ0v) is 31.0. The fraction of sp³-hybridized carbons (Fsp3) is 0.174. The number of fused-ring (bicyclic) bond motifs is 2. The Kier molecular flexibility index (Phi) is 11.4. The molecule has 0 aliphatic heterocycles. The van der Waals surface area contributed by atoms with E-state index in [0.29, 0.717) is 89.9 Å². The van der Waals surface area contributed by atoms with E-state index in [1.807, 2.05) is 97.2 Å². The van der Waals surface area contributed by atoms with Crippen molar-refractivity contribution >= 4 is 21.9 Å². The van der Waals surface area contributed by atoms with Gasteiger partial charge in [0.15, 0.2) is 11.2 Å². The molecule has 0 fully saturated rings. The number of benzene rings is 5. The molecule has 0 N–H and O–H groups in total. The molecule has 8 aromatic rings. The van der Waals surface area contributed by atoms with E-state index >= 15 is 0 Å². The maximum atomic E-state index is 13.5. The highest BCUT2D eigenvalue weighted by Gasteiger charge is 2.18. The predicted octanol–water partition coefficient (Wildman–Crippen LogP) is 8.51. The molecule has 0 bridgehead atoms. The van der Waals surface area contributed by atoms with Gasteiger partial charge < -0.3 is 27.8 Å². The third-order valence-electron chi connectivity index (χ3n) is 9.23. The zero-order valence-electron chi connectivity index (χ0n) is 31.0. The van der Waals surface area contributed by atoms with Crippen LogP contribution in [-0.2, 0) is 24.3 Å². The van der Waals surface area contributed by atoms with Gasteiger partial charge in [-0.05, 0) is 54.8 Å². The minimum Gasteiger partial charge on any atom is -0.493 e. The van der Waals surface area contributed by atoms with Crippen molar-refractivity contribution in [2.45, 2.75) is 26.0 Å². The molecule has 11 nitrogen and oxygen atoms in total. The Bertz CT molecular complexity index is 2710. The third-order valence-corrected chi connectivity index (χ3v) is 9.23. The standard InChI is InChI=1S/C46H39N3O8/c50-40-29-42(33-13-5-2-6-14-33)56-43-28-37(20-21-38(40)43)53-23-10-16-35-30-49(48-47-35)22-24-52-25-26-54-36-17-9-15-34(27-36)45-46(55-31-32-11-3-1-4-12-32)44(51)39-18-7-8-19-41(39)57-45/h1-9,11-15,17-21,27-30H,10,16,22-26,31H2. The summed E-state index contributed by atoms with van der Waals surface area (Å²) in [6.07, 6.45) is 3.33. The molecule has 0 atom stereocenters. The Hall–Kier alpha value is -6.98. The minimum absolute atomic E-state index is 0.0964. The molecule has 0 unspecified atom stereocenters. The second-order valence-electron chi connectivity index (χ2n) is 13.3. The summed E-state index contributed by atoms with van der Waals surface area (Å²) in [5.74, 6) is 2.25. The van der Waals surface area contributed by atoms with Gasteiger partial charge in [-0.2, -0.15) is 0 Å². The largest absolute Gasteiger partial charge is 0.493 e.